The Morgan fingerprint density at radius 1 is 1.31 bits per heavy atom. The predicted octanol–water partition coefficient (Wildman–Crippen LogP) is 2.54. The molecule has 1 aliphatic heterocycles. The van der Waals surface area contributed by atoms with E-state index in [1.54, 1.807) is 0 Å². The minimum absolute atomic E-state index is 0.00745. The van der Waals surface area contributed by atoms with Crippen LogP contribution in [0.5, 0.6) is 0 Å². The van der Waals surface area contributed by atoms with Gasteiger partial charge in [-0.15, -0.1) is 0 Å². The Kier molecular flexibility index (Phi) is 5.16. The largest absolute Gasteiger partial charge is 0.416 e. The molecule has 2 heterocycles. The number of hydrogen-bond acceptors (Lipinski definition) is 6. The number of hydrogen-bond donors (Lipinski definition) is 1. The molecular weight excluding hydrogens is 373 g/mol. The molecule has 1 aliphatic rings. The van der Waals surface area contributed by atoms with Crippen molar-refractivity contribution in [1.82, 2.24) is 20.4 Å². The van der Waals surface area contributed by atoms with Gasteiger partial charge in [-0.25, -0.2) is 4.79 Å². The summed E-state index contributed by atoms with van der Waals surface area (Å²) in [5.41, 5.74) is -0.580. The van der Waals surface area contributed by atoms with Gasteiger partial charge in [0, 0.05) is 17.9 Å². The van der Waals surface area contributed by atoms with Gasteiger partial charge in [0.1, 0.15) is 0 Å². The summed E-state index contributed by atoms with van der Waals surface area (Å²) in [5.74, 6) is 0.830. The van der Waals surface area contributed by atoms with Crippen molar-refractivity contribution in [3.05, 3.63) is 35.7 Å². The Balaban J connectivity index is 1.55. The van der Waals surface area contributed by atoms with E-state index in [9.17, 15) is 22.8 Å². The lowest BCUT2D eigenvalue weighted by Gasteiger charge is -2.10. The van der Waals surface area contributed by atoms with Crippen LogP contribution in [-0.2, 0) is 16.7 Å². The van der Waals surface area contributed by atoms with Gasteiger partial charge in [-0.1, -0.05) is 17.3 Å². The quantitative estimate of drug-likeness (QED) is 0.606. The zero-order chi connectivity index (χ0) is 18.7. The van der Waals surface area contributed by atoms with Crippen molar-refractivity contribution in [1.29, 1.82) is 0 Å². The van der Waals surface area contributed by atoms with Gasteiger partial charge in [0.15, 0.2) is 0 Å². The SMILES string of the molecule is O=C1CNC(=O)N1CCSCc1nc(-c2cccc(C(F)(F)F)c2)no1. The first-order valence-electron chi connectivity index (χ1n) is 7.51. The van der Waals surface area contributed by atoms with Gasteiger partial charge < -0.3 is 9.84 Å². The van der Waals surface area contributed by atoms with Crippen molar-refractivity contribution in [3.63, 3.8) is 0 Å². The molecule has 26 heavy (non-hydrogen) atoms. The van der Waals surface area contributed by atoms with E-state index in [0.717, 1.165) is 17.0 Å². The summed E-state index contributed by atoms with van der Waals surface area (Å²) < 4.78 is 43.3. The molecule has 0 bridgehead atoms. The Bertz CT molecular complexity index is 808. The van der Waals surface area contributed by atoms with Gasteiger partial charge in [-0.3, -0.25) is 9.69 Å². The Morgan fingerprint density at radius 3 is 2.81 bits per heavy atom. The number of alkyl halides is 3. The molecule has 138 valence electrons. The van der Waals surface area contributed by atoms with Crippen LogP contribution in [0.1, 0.15) is 11.5 Å². The molecule has 0 saturated carbocycles. The first kappa shape index (κ1) is 18.2. The van der Waals surface area contributed by atoms with Crippen molar-refractivity contribution in [2.45, 2.75) is 11.9 Å². The number of rotatable bonds is 6. The highest BCUT2D eigenvalue weighted by atomic mass is 32.2. The van der Waals surface area contributed by atoms with Crippen LogP contribution in [0.25, 0.3) is 11.4 Å². The highest BCUT2D eigenvalue weighted by molar-refractivity contribution is 7.98. The number of imide groups is 1. The summed E-state index contributed by atoms with van der Waals surface area (Å²) in [5, 5.41) is 6.12. The molecule has 11 heteroatoms. The first-order valence-corrected chi connectivity index (χ1v) is 8.66. The van der Waals surface area contributed by atoms with Gasteiger partial charge in [-0.2, -0.15) is 29.9 Å². The summed E-state index contributed by atoms with van der Waals surface area (Å²) in [6, 6.07) is 4.26. The molecule has 0 unspecified atom stereocenters. The number of nitrogens with zero attached hydrogens (tertiary/aromatic N) is 3. The van der Waals surface area contributed by atoms with Gasteiger partial charge in [0.25, 0.3) is 0 Å². The third kappa shape index (κ3) is 4.15. The molecule has 7 nitrogen and oxygen atoms in total. The zero-order valence-electron chi connectivity index (χ0n) is 13.2. The number of benzene rings is 1. The fraction of sp³-hybridized carbons (Fsp3) is 0.333. The van der Waals surface area contributed by atoms with Crippen LogP contribution < -0.4 is 5.32 Å². The molecule has 1 N–H and O–H groups in total. The second-order valence-electron chi connectivity index (χ2n) is 5.35. The monoisotopic (exact) mass is 386 g/mol. The van der Waals surface area contributed by atoms with Crippen LogP contribution in [-0.4, -0.2) is 45.8 Å². The van der Waals surface area contributed by atoms with Crippen LogP contribution in [0, 0.1) is 0 Å². The molecule has 1 saturated heterocycles. The number of carbonyl (C=O) groups excluding carboxylic acids is 2. The molecule has 1 aromatic carbocycles. The second-order valence-corrected chi connectivity index (χ2v) is 6.45. The summed E-state index contributed by atoms with van der Waals surface area (Å²) in [6.45, 7) is 0.261. The zero-order valence-corrected chi connectivity index (χ0v) is 14.1. The molecule has 3 amide bonds. The lowest BCUT2D eigenvalue weighted by atomic mass is 10.1. The third-order valence-electron chi connectivity index (χ3n) is 3.54. The molecule has 2 aromatic rings. The van der Waals surface area contributed by atoms with Crippen LogP contribution in [0.3, 0.4) is 0 Å². The Hall–Kier alpha value is -2.56. The van der Waals surface area contributed by atoms with E-state index >= 15 is 0 Å². The van der Waals surface area contributed by atoms with Crippen LogP contribution in [0.15, 0.2) is 28.8 Å². The number of halogens is 3. The van der Waals surface area contributed by atoms with Gasteiger partial charge in [0.05, 0.1) is 17.9 Å². The average molecular weight is 386 g/mol. The molecular formula is C15H13F3N4O3S. The maximum atomic E-state index is 12.8. The molecule has 0 aliphatic carbocycles. The number of thioether (sulfide) groups is 1. The smallest absolute Gasteiger partial charge is 0.338 e. The summed E-state index contributed by atoms with van der Waals surface area (Å²) in [7, 11) is 0. The number of amides is 3. The summed E-state index contributed by atoms with van der Waals surface area (Å²) in [4.78, 5) is 28.0. The minimum Gasteiger partial charge on any atom is -0.338 e. The van der Waals surface area contributed by atoms with E-state index in [1.165, 1.54) is 23.9 Å². The highest BCUT2D eigenvalue weighted by Crippen LogP contribution is 2.31. The lowest BCUT2D eigenvalue weighted by molar-refractivity contribution is -0.137. The van der Waals surface area contributed by atoms with Crippen molar-refractivity contribution >= 4 is 23.7 Å². The Morgan fingerprint density at radius 2 is 2.12 bits per heavy atom. The van der Waals surface area contributed by atoms with Gasteiger partial charge in [-0.05, 0) is 12.1 Å². The molecule has 0 spiro atoms. The molecule has 3 rings (SSSR count). The van der Waals surface area contributed by atoms with E-state index < -0.39 is 17.8 Å². The van der Waals surface area contributed by atoms with Crippen LogP contribution in [0.4, 0.5) is 18.0 Å². The number of carbonyl (C=O) groups is 2. The summed E-state index contributed by atoms with van der Waals surface area (Å²) >= 11 is 1.36. The summed E-state index contributed by atoms with van der Waals surface area (Å²) in [6.07, 6.45) is -4.45. The standard InChI is InChI=1S/C15H13F3N4O3S/c16-15(17,18)10-3-1-2-9(6-10)13-20-11(25-21-13)8-26-5-4-22-12(23)7-19-14(22)24/h1-3,6H,4-5,7-8H2,(H,19,24). The van der Waals surface area contributed by atoms with Crippen LogP contribution >= 0.6 is 11.8 Å². The van der Waals surface area contributed by atoms with E-state index in [0.29, 0.717) is 11.5 Å². The highest BCUT2D eigenvalue weighted by Gasteiger charge is 2.31. The van der Waals surface area contributed by atoms with Crippen molar-refractivity contribution in [2.24, 2.45) is 0 Å². The molecule has 1 aromatic heterocycles. The van der Waals surface area contributed by atoms with Crippen molar-refractivity contribution in [3.8, 4) is 11.4 Å². The van der Waals surface area contributed by atoms with E-state index in [4.69, 9.17) is 4.52 Å². The van der Waals surface area contributed by atoms with E-state index in [1.807, 2.05) is 0 Å². The maximum Gasteiger partial charge on any atom is 0.416 e. The van der Waals surface area contributed by atoms with E-state index in [2.05, 4.69) is 15.5 Å². The lowest BCUT2D eigenvalue weighted by Crippen LogP contribution is -2.32. The average Bonchev–Trinajstić information content (AvgIpc) is 3.19. The minimum atomic E-state index is -4.45. The number of urea groups is 1. The maximum absolute atomic E-state index is 12.8. The molecule has 0 atom stereocenters. The fourth-order valence-corrected chi connectivity index (χ4v) is 3.01. The molecule has 1 fully saturated rings. The van der Waals surface area contributed by atoms with Crippen molar-refractivity contribution < 1.29 is 27.3 Å². The topological polar surface area (TPSA) is 88.3 Å². The fourth-order valence-electron chi connectivity index (χ4n) is 2.26. The van der Waals surface area contributed by atoms with Crippen molar-refractivity contribution in [2.75, 3.05) is 18.8 Å². The van der Waals surface area contributed by atoms with Gasteiger partial charge in [0.2, 0.25) is 17.6 Å². The normalized spacial score (nSPS) is 14.8. The second kappa shape index (κ2) is 7.36. The third-order valence-corrected chi connectivity index (χ3v) is 4.46. The van der Waals surface area contributed by atoms with Crippen LogP contribution in [0.2, 0.25) is 0 Å². The Labute approximate surface area is 149 Å². The van der Waals surface area contributed by atoms with E-state index in [-0.39, 0.29) is 36.3 Å². The number of nitrogens with one attached hydrogen (secondary N) is 1. The predicted molar refractivity (Wildman–Crippen MR) is 86.0 cm³/mol. The first-order chi connectivity index (χ1) is 12.3. The number of aromatic nitrogens is 2. The molecule has 0 radical (unpaired) electrons. The van der Waals surface area contributed by atoms with Gasteiger partial charge >= 0.3 is 12.2 Å².